The lowest BCUT2D eigenvalue weighted by molar-refractivity contribution is -0.135. The average molecular weight is 983 g/mol. The molecule has 1 atom stereocenters. The minimum Gasteiger partial charge on any atom is -0.493 e. The van der Waals surface area contributed by atoms with Gasteiger partial charge in [0.1, 0.15) is 34.4 Å². The number of esters is 1. The number of para-hydroxylation sites is 1. The molecule has 0 aliphatic carbocycles. The molecule has 0 spiro atoms. The number of piperazine rings is 1. The highest BCUT2D eigenvalue weighted by atomic mass is 35.5. The zero-order valence-corrected chi connectivity index (χ0v) is 41.9. The average Bonchev–Trinajstić information content (AvgIpc) is 3.99. The number of amides is 4. The van der Waals surface area contributed by atoms with Crippen LogP contribution >= 0.6 is 11.6 Å². The van der Waals surface area contributed by atoms with E-state index in [-0.39, 0.29) is 31.1 Å². The van der Waals surface area contributed by atoms with E-state index in [9.17, 15) is 24.0 Å². The number of hydrogen-bond acceptors (Lipinski definition) is 10. The van der Waals surface area contributed by atoms with Crippen LogP contribution in [0.5, 0.6) is 5.75 Å². The van der Waals surface area contributed by atoms with Crippen molar-refractivity contribution in [3.8, 4) is 16.9 Å². The fourth-order valence-electron chi connectivity index (χ4n) is 9.95. The number of benzene rings is 4. The number of carbonyl (C=O) groups is 5. The van der Waals surface area contributed by atoms with Crippen LogP contribution in [0.2, 0.25) is 5.02 Å². The highest BCUT2D eigenvalue weighted by molar-refractivity contribution is 6.35. The van der Waals surface area contributed by atoms with Gasteiger partial charge < -0.3 is 29.2 Å². The van der Waals surface area contributed by atoms with E-state index in [4.69, 9.17) is 26.2 Å². The molecular formula is C54H60ClN9O7. The van der Waals surface area contributed by atoms with E-state index in [1.165, 1.54) is 0 Å². The normalized spacial score (nSPS) is 15.7. The number of aryl methyl sites for hydroxylation is 4. The number of aromatic amines is 1. The Morgan fingerprint density at radius 2 is 1.65 bits per heavy atom. The molecule has 17 heteroatoms. The van der Waals surface area contributed by atoms with Crippen molar-refractivity contribution in [1.82, 2.24) is 44.7 Å². The first kappa shape index (κ1) is 49.0. The highest BCUT2D eigenvalue weighted by Crippen LogP contribution is 2.42. The van der Waals surface area contributed by atoms with Crippen molar-refractivity contribution in [3.05, 3.63) is 112 Å². The van der Waals surface area contributed by atoms with Gasteiger partial charge in [-0.05, 0) is 89.1 Å². The van der Waals surface area contributed by atoms with Crippen LogP contribution in [0.1, 0.15) is 90.1 Å². The number of imidazole rings is 1. The summed E-state index contributed by atoms with van der Waals surface area (Å²) < 4.78 is 16.6. The molecule has 2 aliphatic rings. The van der Waals surface area contributed by atoms with Crippen LogP contribution in [-0.4, -0.2) is 115 Å². The fraction of sp³-hybridized carbons (Fsp3) is 0.389. The third-order valence-corrected chi connectivity index (χ3v) is 13.8. The number of aromatic nitrogens is 5. The Morgan fingerprint density at radius 1 is 0.887 bits per heavy atom. The molecule has 2 fully saturated rings. The van der Waals surface area contributed by atoms with E-state index in [0.717, 1.165) is 55.5 Å². The summed E-state index contributed by atoms with van der Waals surface area (Å²) >= 11 is 7.22. The maximum Gasteiger partial charge on any atom is 0.355 e. The number of rotatable bonds is 15. The molecule has 4 amide bonds. The first-order chi connectivity index (χ1) is 34.0. The number of nitrogens with zero attached hydrogens (tertiary/aromatic N) is 6. The third kappa shape index (κ3) is 10.4. The first-order valence-corrected chi connectivity index (χ1v) is 24.7. The van der Waals surface area contributed by atoms with Gasteiger partial charge in [0.15, 0.2) is 0 Å². The van der Waals surface area contributed by atoms with Crippen LogP contribution < -0.4 is 15.4 Å². The lowest BCUT2D eigenvalue weighted by Crippen LogP contribution is -2.52. The summed E-state index contributed by atoms with van der Waals surface area (Å²) in [4.78, 5) is 77.6. The van der Waals surface area contributed by atoms with E-state index >= 15 is 0 Å². The summed E-state index contributed by atoms with van der Waals surface area (Å²) in [5.74, 6) is -0.384. The quantitative estimate of drug-likeness (QED) is 0.0525. The molecule has 3 aromatic heterocycles. The molecule has 16 nitrogen and oxygen atoms in total. The number of hydrogen-bond donors (Lipinski definition) is 3. The first-order valence-electron chi connectivity index (χ1n) is 24.3. The summed E-state index contributed by atoms with van der Waals surface area (Å²) in [6.45, 7) is 13.5. The van der Waals surface area contributed by atoms with E-state index in [2.05, 4.69) is 48.3 Å². The monoisotopic (exact) mass is 981 g/mol. The van der Waals surface area contributed by atoms with Gasteiger partial charge in [0.2, 0.25) is 17.7 Å². The lowest BCUT2D eigenvalue weighted by Gasteiger charge is -2.35. The van der Waals surface area contributed by atoms with Crippen molar-refractivity contribution < 1.29 is 33.4 Å². The smallest absolute Gasteiger partial charge is 0.355 e. The van der Waals surface area contributed by atoms with Crippen LogP contribution in [0, 0.1) is 13.8 Å². The Hall–Kier alpha value is -7.04. The van der Waals surface area contributed by atoms with E-state index in [0.29, 0.717) is 98.3 Å². The van der Waals surface area contributed by atoms with Gasteiger partial charge in [-0.25, -0.2) is 9.78 Å². The van der Waals surface area contributed by atoms with Gasteiger partial charge >= 0.3 is 5.97 Å². The second-order valence-electron chi connectivity index (χ2n) is 19.5. The van der Waals surface area contributed by atoms with Crippen molar-refractivity contribution >= 4 is 73.9 Å². The number of ether oxygens (including phenoxy) is 2. The molecule has 5 heterocycles. The van der Waals surface area contributed by atoms with E-state index in [1.807, 2.05) is 93.7 Å². The van der Waals surface area contributed by atoms with Gasteiger partial charge in [0, 0.05) is 93.2 Å². The SMILES string of the molecule is Cc1nn(C)c(C)c1-c1c(Cl)ccc2c(CCCOc3cccc4ccccc34)c(C(=O)OC(C)(C)C)n(CCN3CCN(C(=O)CCc4nc5c(C(=O)NC6CCC(=O)NC6=O)cccc5[nH]4)CC3)c12. The summed E-state index contributed by atoms with van der Waals surface area (Å²) in [5, 5.41) is 13.4. The zero-order valence-electron chi connectivity index (χ0n) is 41.1. The molecule has 7 aromatic rings. The fourth-order valence-corrected chi connectivity index (χ4v) is 10.2. The Bertz CT molecular complexity index is 3200. The van der Waals surface area contributed by atoms with Crippen molar-refractivity contribution in [2.75, 3.05) is 39.3 Å². The van der Waals surface area contributed by atoms with Crippen molar-refractivity contribution in [2.45, 2.75) is 91.3 Å². The van der Waals surface area contributed by atoms with Gasteiger partial charge in [0.25, 0.3) is 5.91 Å². The number of fused-ring (bicyclic) bond motifs is 3. The van der Waals surface area contributed by atoms with Crippen molar-refractivity contribution in [1.29, 1.82) is 0 Å². The van der Waals surface area contributed by atoms with Crippen LogP contribution in [0.3, 0.4) is 0 Å². The molecule has 3 N–H and O–H groups in total. The second kappa shape index (κ2) is 20.4. The maximum atomic E-state index is 14.6. The Balaban J connectivity index is 0.918. The number of halogens is 1. The zero-order chi connectivity index (χ0) is 50.1. The second-order valence-corrected chi connectivity index (χ2v) is 19.9. The molecule has 1 unspecified atom stereocenters. The molecule has 370 valence electrons. The van der Waals surface area contributed by atoms with Gasteiger partial charge in [0.05, 0.1) is 33.9 Å². The molecule has 2 saturated heterocycles. The third-order valence-electron chi connectivity index (χ3n) is 13.5. The number of nitrogens with one attached hydrogen (secondary N) is 3. The maximum absolute atomic E-state index is 14.6. The molecule has 9 rings (SSSR count). The topological polar surface area (TPSA) is 186 Å². The summed E-state index contributed by atoms with van der Waals surface area (Å²) in [5.41, 5.74) is 6.37. The molecule has 0 bridgehead atoms. The van der Waals surface area contributed by atoms with Gasteiger partial charge in [-0.3, -0.25) is 34.1 Å². The van der Waals surface area contributed by atoms with Crippen molar-refractivity contribution in [2.24, 2.45) is 7.05 Å². The summed E-state index contributed by atoms with van der Waals surface area (Å²) in [7, 11) is 1.92. The predicted molar refractivity (Wildman–Crippen MR) is 273 cm³/mol. The van der Waals surface area contributed by atoms with Crippen LogP contribution in [0.15, 0.2) is 72.8 Å². The molecule has 4 aromatic carbocycles. The minimum absolute atomic E-state index is 0.000104. The number of carbonyl (C=O) groups excluding carboxylic acids is 5. The Kier molecular flexibility index (Phi) is 14.0. The number of piperidine rings is 1. The molecular weight excluding hydrogens is 922 g/mol. The van der Waals surface area contributed by atoms with Gasteiger partial charge in [-0.15, -0.1) is 0 Å². The number of imide groups is 1. The highest BCUT2D eigenvalue weighted by Gasteiger charge is 2.32. The number of H-pyrrole nitrogens is 1. The predicted octanol–water partition coefficient (Wildman–Crippen LogP) is 7.62. The van der Waals surface area contributed by atoms with E-state index in [1.54, 1.807) is 12.1 Å². The largest absolute Gasteiger partial charge is 0.493 e. The lowest BCUT2D eigenvalue weighted by atomic mass is 9.98. The van der Waals surface area contributed by atoms with Gasteiger partial charge in [-0.2, -0.15) is 5.10 Å². The summed E-state index contributed by atoms with van der Waals surface area (Å²) in [6, 6.07) is 22.5. The van der Waals surface area contributed by atoms with Crippen LogP contribution in [0.4, 0.5) is 0 Å². The Labute approximate surface area is 417 Å². The van der Waals surface area contributed by atoms with Crippen LogP contribution in [-0.2, 0) is 45.6 Å². The molecule has 71 heavy (non-hydrogen) atoms. The molecule has 0 saturated carbocycles. The molecule has 0 radical (unpaired) electrons. The Morgan fingerprint density at radius 3 is 2.39 bits per heavy atom. The standard InChI is InChI=1S/C54H60ClN9O7/c1-32-46(33(2)61(6)60-32)47-39(55)20-19-37-36(16-11-31-70-42-18-9-13-34-12-7-8-14-35(34)42)50(53(69)71-54(3,4)5)64(49(37)47)30-27-62-25-28-63(29-26-62)45(66)24-22-43-56-40-17-10-15-38(48(40)58-43)51(67)57-41-21-23-44(65)59-52(41)68/h7-10,12-15,17-20,41H,11,16,21-31H2,1-6H3,(H,56,58)(H,57,67)(H,59,65,68). The van der Waals surface area contributed by atoms with Gasteiger partial charge in [-0.1, -0.05) is 60.1 Å². The minimum atomic E-state index is -0.815. The summed E-state index contributed by atoms with van der Waals surface area (Å²) in [6.07, 6.45) is 2.12. The van der Waals surface area contributed by atoms with E-state index < -0.39 is 29.4 Å². The molecule has 2 aliphatic heterocycles. The van der Waals surface area contributed by atoms with Crippen molar-refractivity contribution in [3.63, 3.8) is 0 Å². The van der Waals surface area contributed by atoms with Crippen LogP contribution in [0.25, 0.3) is 43.8 Å².